The lowest BCUT2D eigenvalue weighted by atomic mass is 10.4. The largest absolute Gasteiger partial charge is 1.00 e. The zero-order valence-corrected chi connectivity index (χ0v) is 15.7. The van der Waals surface area contributed by atoms with Crippen molar-refractivity contribution in [3.63, 3.8) is 0 Å². The van der Waals surface area contributed by atoms with E-state index in [1.165, 1.54) is 51.2 Å². The molecule has 0 radical (unpaired) electrons. The molecule has 0 rings (SSSR count). The van der Waals surface area contributed by atoms with Gasteiger partial charge in [-0.05, 0) is 33.4 Å². The summed E-state index contributed by atoms with van der Waals surface area (Å²) in [6, 6.07) is 0. The first-order valence-electron chi connectivity index (χ1n) is 8.10. The smallest absolute Gasteiger partial charge is 0.0721 e. The quantitative estimate of drug-likeness (QED) is 0.498. The molecule has 0 aromatic rings. The molecule has 118 valence electrons. The molecule has 0 atom stereocenters. The van der Waals surface area contributed by atoms with Crippen LogP contribution in [0.4, 0.5) is 0 Å². The molecule has 0 aliphatic rings. The third-order valence-corrected chi connectivity index (χ3v) is 8.92. The number of rotatable bonds is 12. The number of nitrogens with zero attached hydrogens (tertiary/aromatic N) is 1. The van der Waals surface area contributed by atoms with Gasteiger partial charge in [-0.3, -0.25) is 0 Å². The summed E-state index contributed by atoms with van der Waals surface area (Å²) in [4.78, 5) is 2.39. The molecule has 0 saturated heterocycles. The summed E-state index contributed by atoms with van der Waals surface area (Å²) in [5.74, 6) is 0. The highest BCUT2D eigenvalue weighted by Crippen LogP contribution is 2.60. The number of halogens is 1. The molecule has 19 heavy (non-hydrogen) atoms. The predicted molar refractivity (Wildman–Crippen MR) is 89.7 cm³/mol. The number of hydrogen-bond donors (Lipinski definition) is 0. The first kappa shape index (κ1) is 22.0. The molecule has 0 N–H and O–H groups in total. The van der Waals surface area contributed by atoms with E-state index in [1.807, 2.05) is 0 Å². The van der Waals surface area contributed by atoms with Gasteiger partial charge in [0, 0.05) is 13.8 Å². The minimum atomic E-state index is -0.641. The standard InChI is InChI=1S/C16H37NP.ClH/c1-6-9-13-18(14-10-7-2,15-11-8-3)16-12-17(4)5;/h6-16H2,1-5H3;1H/q+1;/p-1. The molecular weight excluding hydrogens is 273 g/mol. The van der Waals surface area contributed by atoms with Crippen LogP contribution in [-0.2, 0) is 0 Å². The van der Waals surface area contributed by atoms with Crippen molar-refractivity contribution >= 4 is 7.26 Å². The van der Waals surface area contributed by atoms with Gasteiger partial charge in [-0.1, -0.05) is 40.0 Å². The van der Waals surface area contributed by atoms with E-state index in [-0.39, 0.29) is 12.4 Å². The van der Waals surface area contributed by atoms with Gasteiger partial charge in [-0.15, -0.1) is 0 Å². The summed E-state index contributed by atoms with van der Waals surface area (Å²) in [6.45, 7) is 8.35. The Kier molecular flexibility index (Phi) is 15.8. The average molecular weight is 310 g/mol. The van der Waals surface area contributed by atoms with Gasteiger partial charge in [0.05, 0.1) is 24.6 Å². The summed E-state index contributed by atoms with van der Waals surface area (Å²) in [5.41, 5.74) is 0. The third-order valence-electron chi connectivity index (χ3n) is 3.98. The highest BCUT2D eigenvalue weighted by atomic mass is 35.5. The van der Waals surface area contributed by atoms with Crippen LogP contribution in [0.2, 0.25) is 0 Å². The summed E-state index contributed by atoms with van der Waals surface area (Å²) in [7, 11) is 3.82. The van der Waals surface area contributed by atoms with Crippen LogP contribution in [0.15, 0.2) is 0 Å². The molecule has 0 aromatic heterocycles. The van der Waals surface area contributed by atoms with Gasteiger partial charge in [0.25, 0.3) is 0 Å². The van der Waals surface area contributed by atoms with Crippen molar-refractivity contribution in [3.05, 3.63) is 0 Å². The van der Waals surface area contributed by atoms with Crippen LogP contribution in [0.1, 0.15) is 59.3 Å². The van der Waals surface area contributed by atoms with E-state index in [9.17, 15) is 0 Å². The van der Waals surface area contributed by atoms with Crippen molar-refractivity contribution in [3.8, 4) is 0 Å². The van der Waals surface area contributed by atoms with Crippen molar-refractivity contribution in [2.75, 3.05) is 45.3 Å². The van der Waals surface area contributed by atoms with Crippen LogP contribution in [-0.4, -0.2) is 50.2 Å². The van der Waals surface area contributed by atoms with Crippen molar-refractivity contribution < 1.29 is 12.4 Å². The second kappa shape index (κ2) is 13.7. The molecule has 0 unspecified atom stereocenters. The number of hydrogen-bond acceptors (Lipinski definition) is 1. The molecule has 0 aliphatic heterocycles. The fourth-order valence-electron chi connectivity index (χ4n) is 2.56. The minimum absolute atomic E-state index is 0. The minimum Gasteiger partial charge on any atom is -1.00 e. The van der Waals surface area contributed by atoms with E-state index in [4.69, 9.17) is 0 Å². The number of unbranched alkanes of at least 4 members (excludes halogenated alkanes) is 3. The fourth-order valence-corrected chi connectivity index (χ4v) is 7.69. The summed E-state index contributed by atoms with van der Waals surface area (Å²) in [5, 5.41) is 0. The maximum atomic E-state index is 2.39. The first-order chi connectivity index (χ1) is 8.60. The highest BCUT2D eigenvalue weighted by molar-refractivity contribution is 7.75. The molecule has 0 heterocycles. The SMILES string of the molecule is CCCC[P+](CCCC)(CCCC)CCN(C)C.[Cl-]. The molecule has 0 bridgehead atoms. The van der Waals surface area contributed by atoms with Crippen LogP contribution in [0.3, 0.4) is 0 Å². The van der Waals surface area contributed by atoms with E-state index in [1.54, 1.807) is 18.5 Å². The van der Waals surface area contributed by atoms with E-state index < -0.39 is 7.26 Å². The summed E-state index contributed by atoms with van der Waals surface area (Å²) in [6.07, 6.45) is 14.7. The summed E-state index contributed by atoms with van der Waals surface area (Å²) < 4.78 is 0. The van der Waals surface area contributed by atoms with Crippen molar-refractivity contribution in [1.29, 1.82) is 0 Å². The Morgan fingerprint density at radius 1 is 0.684 bits per heavy atom. The Morgan fingerprint density at radius 2 is 1.05 bits per heavy atom. The van der Waals surface area contributed by atoms with Crippen LogP contribution in [0.5, 0.6) is 0 Å². The lowest BCUT2D eigenvalue weighted by molar-refractivity contribution is -0.00000427. The van der Waals surface area contributed by atoms with Gasteiger partial charge in [-0.25, -0.2) is 0 Å². The van der Waals surface area contributed by atoms with Crippen molar-refractivity contribution in [2.45, 2.75) is 59.3 Å². The lowest BCUT2D eigenvalue weighted by Gasteiger charge is -2.29. The van der Waals surface area contributed by atoms with E-state index in [2.05, 4.69) is 39.8 Å². The van der Waals surface area contributed by atoms with Crippen molar-refractivity contribution in [1.82, 2.24) is 4.90 Å². The molecular formula is C16H37ClNP. The summed E-state index contributed by atoms with van der Waals surface area (Å²) >= 11 is 0. The molecule has 0 spiro atoms. The Morgan fingerprint density at radius 3 is 1.32 bits per heavy atom. The zero-order chi connectivity index (χ0) is 13.9. The molecule has 1 nitrogen and oxygen atoms in total. The Labute approximate surface area is 129 Å². The zero-order valence-electron chi connectivity index (χ0n) is 14.1. The fraction of sp³-hybridized carbons (Fsp3) is 1.00. The molecule has 0 aromatic carbocycles. The van der Waals surface area contributed by atoms with E-state index in [0.29, 0.717) is 0 Å². The van der Waals surface area contributed by atoms with Crippen molar-refractivity contribution in [2.24, 2.45) is 0 Å². The monoisotopic (exact) mass is 309 g/mol. The molecule has 0 fully saturated rings. The van der Waals surface area contributed by atoms with Gasteiger partial charge in [0.15, 0.2) is 0 Å². The second-order valence-electron chi connectivity index (χ2n) is 6.10. The van der Waals surface area contributed by atoms with Gasteiger partial charge < -0.3 is 17.3 Å². The molecule has 0 amide bonds. The lowest BCUT2D eigenvalue weighted by Crippen LogP contribution is -3.00. The van der Waals surface area contributed by atoms with Crippen LogP contribution < -0.4 is 12.4 Å². The Balaban J connectivity index is 0. The first-order valence-corrected chi connectivity index (χ1v) is 10.6. The third kappa shape index (κ3) is 11.1. The van der Waals surface area contributed by atoms with Crippen LogP contribution in [0.25, 0.3) is 0 Å². The topological polar surface area (TPSA) is 3.24 Å². The molecule has 3 heteroatoms. The normalized spacial score (nSPS) is 11.7. The highest BCUT2D eigenvalue weighted by Gasteiger charge is 2.34. The van der Waals surface area contributed by atoms with E-state index >= 15 is 0 Å². The van der Waals surface area contributed by atoms with Gasteiger partial charge in [0.1, 0.15) is 0 Å². The van der Waals surface area contributed by atoms with Crippen LogP contribution >= 0.6 is 7.26 Å². The Bertz CT molecular complexity index is 164. The molecule has 0 saturated carbocycles. The van der Waals surface area contributed by atoms with Gasteiger partial charge >= 0.3 is 0 Å². The van der Waals surface area contributed by atoms with Gasteiger partial charge in [0.2, 0.25) is 0 Å². The molecule has 0 aliphatic carbocycles. The maximum Gasteiger partial charge on any atom is 0.0721 e. The predicted octanol–water partition coefficient (Wildman–Crippen LogP) is 1.97. The van der Waals surface area contributed by atoms with E-state index in [0.717, 1.165) is 0 Å². The Hall–Kier alpha value is 0.680. The maximum absolute atomic E-state index is 2.39. The second-order valence-corrected chi connectivity index (χ2v) is 10.6. The average Bonchev–Trinajstić information content (AvgIpc) is 2.37. The van der Waals surface area contributed by atoms with Gasteiger partial charge in [-0.2, -0.15) is 0 Å². The van der Waals surface area contributed by atoms with Crippen LogP contribution in [0, 0.1) is 0 Å².